The molecule has 0 amide bonds. The smallest absolute Gasteiger partial charge is 0.151 e. The normalized spacial score (nSPS) is 14.2. The van der Waals surface area contributed by atoms with Gasteiger partial charge in [0.25, 0.3) is 0 Å². The molecule has 108 valence electrons. The van der Waals surface area contributed by atoms with Crippen LogP contribution in [0.25, 0.3) is 0 Å². The molecular weight excluding hydrogens is 378 g/mol. The third-order valence-corrected chi connectivity index (χ3v) is 6.18. The van der Waals surface area contributed by atoms with Crippen LogP contribution in [0.1, 0.15) is 21.6 Å². The summed E-state index contributed by atoms with van der Waals surface area (Å²) in [6.07, 6.45) is 0. The summed E-state index contributed by atoms with van der Waals surface area (Å²) in [5.41, 5.74) is 0. The average molecular weight is 388 g/mol. The van der Waals surface area contributed by atoms with Gasteiger partial charge in [0.15, 0.2) is 5.78 Å². The quantitative estimate of drug-likeness (QED) is 0.553. The van der Waals surface area contributed by atoms with Gasteiger partial charge in [0, 0.05) is 21.5 Å². The van der Waals surface area contributed by atoms with Crippen LogP contribution in [0.3, 0.4) is 0 Å². The van der Waals surface area contributed by atoms with Gasteiger partial charge in [-0.25, -0.2) is 0 Å². The van der Waals surface area contributed by atoms with Crippen molar-refractivity contribution in [1.82, 2.24) is 0 Å². The van der Waals surface area contributed by atoms with Gasteiger partial charge in [-0.15, -0.1) is 45.9 Å². The van der Waals surface area contributed by atoms with E-state index in [9.17, 15) is 4.79 Å². The fourth-order valence-electron chi connectivity index (χ4n) is 1.86. The predicted molar refractivity (Wildman–Crippen MR) is 90.6 cm³/mol. The fraction of sp³-hybridized carbons (Fsp3) is 0.308. The van der Waals surface area contributed by atoms with Gasteiger partial charge in [0.05, 0.1) is 20.5 Å². The molecule has 0 fully saturated rings. The van der Waals surface area contributed by atoms with Gasteiger partial charge in [-0.2, -0.15) is 0 Å². The molecule has 20 heavy (non-hydrogen) atoms. The number of ketones is 1. The molecule has 2 atom stereocenters. The van der Waals surface area contributed by atoms with Crippen LogP contribution < -0.4 is 0 Å². The first kappa shape index (κ1) is 16.6. The lowest BCUT2D eigenvalue weighted by Gasteiger charge is -2.17. The molecule has 7 heteroatoms. The number of halogens is 4. The lowest BCUT2D eigenvalue weighted by molar-refractivity contribution is -0.120. The first-order valence-electron chi connectivity index (χ1n) is 5.73. The summed E-state index contributed by atoms with van der Waals surface area (Å²) < 4.78 is 1.29. The lowest BCUT2D eigenvalue weighted by atomic mass is 9.93. The SMILES string of the molecule is O=C(C(CCl)c1ccc(Cl)s1)C(CCl)c1ccc(Cl)s1. The molecule has 0 aliphatic rings. The summed E-state index contributed by atoms with van der Waals surface area (Å²) in [6.45, 7) is 0. The summed E-state index contributed by atoms with van der Waals surface area (Å²) >= 11 is 26.5. The molecule has 2 heterocycles. The molecule has 0 aliphatic heterocycles. The van der Waals surface area contributed by atoms with E-state index in [2.05, 4.69) is 0 Å². The van der Waals surface area contributed by atoms with Gasteiger partial charge in [-0.1, -0.05) is 23.2 Å². The van der Waals surface area contributed by atoms with Crippen LogP contribution in [0, 0.1) is 0 Å². The van der Waals surface area contributed by atoms with Crippen LogP contribution >= 0.6 is 69.1 Å². The number of hydrogen-bond donors (Lipinski definition) is 0. The second-order valence-corrected chi connectivity index (χ2v) is 8.21. The van der Waals surface area contributed by atoms with Crippen LogP contribution in [0.2, 0.25) is 8.67 Å². The van der Waals surface area contributed by atoms with Crippen LogP contribution in [0.5, 0.6) is 0 Å². The summed E-state index contributed by atoms with van der Waals surface area (Å²) in [5, 5.41) is 0. The van der Waals surface area contributed by atoms with Gasteiger partial charge in [-0.3, -0.25) is 4.79 Å². The minimum absolute atomic E-state index is 0.00651. The molecule has 0 aromatic carbocycles. The van der Waals surface area contributed by atoms with E-state index in [0.29, 0.717) is 8.67 Å². The maximum atomic E-state index is 12.7. The zero-order valence-corrected chi connectivity index (χ0v) is 14.8. The van der Waals surface area contributed by atoms with E-state index in [0.717, 1.165) is 9.75 Å². The van der Waals surface area contributed by atoms with Crippen molar-refractivity contribution in [3.63, 3.8) is 0 Å². The maximum absolute atomic E-state index is 12.7. The molecule has 2 unspecified atom stereocenters. The molecule has 0 spiro atoms. The van der Waals surface area contributed by atoms with Crippen molar-refractivity contribution in [2.24, 2.45) is 0 Å². The molecule has 2 rings (SSSR count). The van der Waals surface area contributed by atoms with Gasteiger partial charge in [-0.05, 0) is 24.3 Å². The third-order valence-electron chi connectivity index (χ3n) is 2.87. The van der Waals surface area contributed by atoms with Gasteiger partial charge in [0.1, 0.15) is 0 Å². The number of carbonyl (C=O) groups excluding carboxylic acids is 1. The van der Waals surface area contributed by atoms with Crippen LogP contribution in [0.15, 0.2) is 24.3 Å². The van der Waals surface area contributed by atoms with Crippen molar-refractivity contribution in [1.29, 1.82) is 0 Å². The average Bonchev–Trinajstić information content (AvgIpc) is 3.01. The van der Waals surface area contributed by atoms with Crippen molar-refractivity contribution in [3.8, 4) is 0 Å². The van der Waals surface area contributed by atoms with Gasteiger partial charge < -0.3 is 0 Å². The first-order chi connectivity index (χ1) is 9.56. The molecule has 1 nitrogen and oxygen atoms in total. The van der Waals surface area contributed by atoms with Crippen LogP contribution in [0.4, 0.5) is 0 Å². The Balaban J connectivity index is 2.26. The van der Waals surface area contributed by atoms with Crippen molar-refractivity contribution in [2.75, 3.05) is 11.8 Å². The summed E-state index contributed by atoms with van der Waals surface area (Å²) in [5.74, 6) is -0.353. The Morgan fingerprint density at radius 3 is 1.55 bits per heavy atom. The van der Waals surface area contributed by atoms with Crippen LogP contribution in [-0.4, -0.2) is 17.5 Å². The third kappa shape index (κ3) is 3.70. The Bertz CT molecular complexity index is 542. The first-order valence-corrected chi connectivity index (χ1v) is 9.18. The lowest BCUT2D eigenvalue weighted by Crippen LogP contribution is -2.22. The Morgan fingerprint density at radius 1 is 0.900 bits per heavy atom. The molecule has 0 aliphatic carbocycles. The van der Waals surface area contributed by atoms with E-state index in [1.807, 2.05) is 12.1 Å². The van der Waals surface area contributed by atoms with E-state index < -0.39 is 11.8 Å². The number of rotatable bonds is 6. The summed E-state index contributed by atoms with van der Waals surface area (Å²) in [6, 6.07) is 7.22. The molecule has 0 saturated heterocycles. The van der Waals surface area contributed by atoms with E-state index in [4.69, 9.17) is 46.4 Å². The summed E-state index contributed by atoms with van der Waals surface area (Å²) in [7, 11) is 0. The Hall–Kier alpha value is 0.230. The minimum Gasteiger partial charge on any atom is -0.298 e. The molecule has 0 bridgehead atoms. The second-order valence-electron chi connectivity index (χ2n) is 4.10. The highest BCUT2D eigenvalue weighted by molar-refractivity contribution is 7.16. The number of alkyl halides is 2. The van der Waals surface area contributed by atoms with E-state index in [-0.39, 0.29) is 17.5 Å². The molecule has 2 aromatic rings. The number of thiophene rings is 2. The molecule has 0 N–H and O–H groups in total. The zero-order chi connectivity index (χ0) is 14.7. The Kier molecular flexibility index (Phi) is 6.21. The van der Waals surface area contributed by atoms with Crippen molar-refractivity contribution >= 4 is 74.9 Å². The van der Waals surface area contributed by atoms with E-state index >= 15 is 0 Å². The summed E-state index contributed by atoms with van der Waals surface area (Å²) in [4.78, 5) is 14.4. The van der Waals surface area contributed by atoms with Crippen molar-refractivity contribution in [3.05, 3.63) is 42.7 Å². The Labute approximate surface area is 145 Å². The van der Waals surface area contributed by atoms with Crippen molar-refractivity contribution in [2.45, 2.75) is 11.8 Å². The largest absolute Gasteiger partial charge is 0.298 e. The van der Waals surface area contributed by atoms with Gasteiger partial charge in [0.2, 0.25) is 0 Å². The fourth-order valence-corrected chi connectivity index (χ4v) is 5.02. The number of hydrogen-bond acceptors (Lipinski definition) is 3. The second kappa shape index (κ2) is 7.48. The highest BCUT2D eigenvalue weighted by atomic mass is 35.5. The van der Waals surface area contributed by atoms with Crippen molar-refractivity contribution < 1.29 is 4.79 Å². The number of carbonyl (C=O) groups is 1. The molecule has 0 saturated carbocycles. The number of Topliss-reactive ketones (excluding diaryl/α,β-unsaturated/α-hetero) is 1. The topological polar surface area (TPSA) is 17.1 Å². The molecular formula is C13H10Cl4OS2. The predicted octanol–water partition coefficient (Wildman–Crippen LogP) is 6.03. The van der Waals surface area contributed by atoms with Gasteiger partial charge >= 0.3 is 0 Å². The highest BCUT2D eigenvalue weighted by Crippen LogP contribution is 2.36. The molecule has 2 aromatic heterocycles. The zero-order valence-electron chi connectivity index (χ0n) is 10.1. The van der Waals surface area contributed by atoms with E-state index in [1.165, 1.54) is 22.7 Å². The standard InChI is InChI=1S/C13H10Cl4OS2/c14-5-7(9-1-3-11(16)19-9)13(18)8(6-15)10-2-4-12(17)20-10/h1-4,7-8H,5-6H2. The van der Waals surface area contributed by atoms with Crippen LogP contribution in [-0.2, 0) is 4.79 Å². The minimum atomic E-state index is -0.390. The Morgan fingerprint density at radius 2 is 1.30 bits per heavy atom. The highest BCUT2D eigenvalue weighted by Gasteiger charge is 2.30. The maximum Gasteiger partial charge on any atom is 0.151 e. The monoisotopic (exact) mass is 386 g/mol. The molecule has 0 radical (unpaired) electrons. The van der Waals surface area contributed by atoms with E-state index in [1.54, 1.807) is 12.1 Å².